The molecular formula is C43H33B. The molecule has 2 unspecified atom stereocenters. The van der Waals surface area contributed by atoms with Crippen LogP contribution in [0.1, 0.15) is 39.6 Å². The van der Waals surface area contributed by atoms with Crippen LogP contribution in [0.15, 0.2) is 188 Å². The second-order valence-corrected chi connectivity index (χ2v) is 12.0. The first-order chi connectivity index (χ1) is 21.9. The zero-order valence-corrected chi connectivity index (χ0v) is 24.6. The Morgan fingerprint density at radius 2 is 0.750 bits per heavy atom. The lowest BCUT2D eigenvalue weighted by Gasteiger charge is -2.46. The van der Waals surface area contributed by atoms with Crippen molar-refractivity contribution in [2.75, 3.05) is 0 Å². The van der Waals surface area contributed by atoms with E-state index in [1.54, 1.807) is 0 Å². The Bertz CT molecular complexity index is 1860. The summed E-state index contributed by atoms with van der Waals surface area (Å²) in [6.45, 7) is 0.149. The van der Waals surface area contributed by atoms with Crippen molar-refractivity contribution >= 4 is 28.4 Å². The molecule has 0 aromatic heterocycles. The summed E-state index contributed by atoms with van der Waals surface area (Å²) in [6, 6.07) is 70.0. The van der Waals surface area contributed by atoms with Crippen molar-refractivity contribution in [3.8, 4) is 0 Å². The number of hydrogen-bond acceptors (Lipinski definition) is 0. The summed E-state index contributed by atoms with van der Waals surface area (Å²) in [5.74, 6) is 0.280. The molecular weight excluding hydrogens is 527 g/mol. The Labute approximate surface area is 260 Å². The maximum atomic E-state index is 2.41. The molecule has 0 saturated heterocycles. The van der Waals surface area contributed by atoms with E-state index in [4.69, 9.17) is 0 Å². The SMILES string of the molecule is c1ccc(B(c2ccccc2)C2c3cccc4cccc(c34)C2C(c2ccccc2)(c2ccccc2)c2ccccc2)cc1. The highest BCUT2D eigenvalue weighted by Crippen LogP contribution is 2.60. The van der Waals surface area contributed by atoms with Gasteiger partial charge in [-0.2, -0.15) is 0 Å². The quantitative estimate of drug-likeness (QED) is 0.135. The second-order valence-electron chi connectivity index (χ2n) is 12.0. The maximum absolute atomic E-state index is 2.41. The third kappa shape index (κ3) is 4.15. The summed E-state index contributed by atoms with van der Waals surface area (Å²) in [5, 5.41) is 2.73. The van der Waals surface area contributed by atoms with Gasteiger partial charge in [0.05, 0.1) is 5.41 Å². The summed E-state index contributed by atoms with van der Waals surface area (Å²) >= 11 is 0. The largest absolute Gasteiger partial charge is 0.217 e. The van der Waals surface area contributed by atoms with E-state index in [-0.39, 0.29) is 18.4 Å². The topological polar surface area (TPSA) is 0 Å². The zero-order valence-electron chi connectivity index (χ0n) is 24.6. The third-order valence-corrected chi connectivity index (χ3v) is 9.85. The van der Waals surface area contributed by atoms with E-state index in [1.807, 2.05) is 0 Å². The average Bonchev–Trinajstić information content (AvgIpc) is 3.43. The van der Waals surface area contributed by atoms with Crippen molar-refractivity contribution in [3.63, 3.8) is 0 Å². The molecule has 0 amide bonds. The Balaban J connectivity index is 1.54. The van der Waals surface area contributed by atoms with Gasteiger partial charge in [0.2, 0.25) is 6.71 Å². The highest BCUT2D eigenvalue weighted by molar-refractivity contribution is 6.86. The summed E-state index contributed by atoms with van der Waals surface area (Å²) in [7, 11) is 0. The Hall–Kier alpha value is -5.14. The highest BCUT2D eigenvalue weighted by atomic mass is 14.5. The molecule has 0 N–H and O–H groups in total. The number of hydrogen-bond donors (Lipinski definition) is 0. The van der Waals surface area contributed by atoms with Crippen LogP contribution in [0.2, 0.25) is 0 Å². The lowest BCUT2D eigenvalue weighted by molar-refractivity contribution is 0.474. The molecule has 8 rings (SSSR count). The Kier molecular flexibility index (Phi) is 6.73. The van der Waals surface area contributed by atoms with E-state index in [2.05, 4.69) is 188 Å². The molecule has 0 radical (unpaired) electrons. The minimum atomic E-state index is -0.455. The first kappa shape index (κ1) is 26.5. The van der Waals surface area contributed by atoms with Crippen LogP contribution in [0.25, 0.3) is 10.8 Å². The Morgan fingerprint density at radius 1 is 0.364 bits per heavy atom. The van der Waals surface area contributed by atoms with Gasteiger partial charge < -0.3 is 0 Å². The van der Waals surface area contributed by atoms with Gasteiger partial charge in [0, 0.05) is 5.92 Å². The van der Waals surface area contributed by atoms with E-state index < -0.39 is 5.41 Å². The summed E-state index contributed by atoms with van der Waals surface area (Å²) < 4.78 is 0. The van der Waals surface area contributed by atoms with Crippen LogP contribution < -0.4 is 10.9 Å². The van der Waals surface area contributed by atoms with E-state index in [9.17, 15) is 0 Å². The van der Waals surface area contributed by atoms with Gasteiger partial charge in [0.25, 0.3) is 0 Å². The normalized spacial score (nSPS) is 15.7. The van der Waals surface area contributed by atoms with E-state index in [1.165, 1.54) is 49.5 Å². The van der Waals surface area contributed by atoms with Gasteiger partial charge in [-0.15, -0.1) is 0 Å². The van der Waals surface area contributed by atoms with Crippen molar-refractivity contribution in [3.05, 3.63) is 216 Å². The van der Waals surface area contributed by atoms with Crippen LogP contribution >= 0.6 is 0 Å². The molecule has 7 aromatic rings. The fourth-order valence-corrected chi connectivity index (χ4v) is 8.25. The van der Waals surface area contributed by atoms with Crippen LogP contribution in [-0.4, -0.2) is 6.71 Å². The zero-order chi connectivity index (χ0) is 29.3. The van der Waals surface area contributed by atoms with Gasteiger partial charge in [0.15, 0.2) is 0 Å². The van der Waals surface area contributed by atoms with Crippen LogP contribution in [0.4, 0.5) is 0 Å². The lowest BCUT2D eigenvalue weighted by atomic mass is 9.29. The van der Waals surface area contributed by atoms with Gasteiger partial charge in [0.1, 0.15) is 0 Å². The Morgan fingerprint density at radius 3 is 1.18 bits per heavy atom. The molecule has 2 atom stereocenters. The molecule has 208 valence electrons. The maximum Gasteiger partial charge on any atom is 0.217 e. The molecule has 0 bridgehead atoms. The summed E-state index contributed by atoms with van der Waals surface area (Å²) in [4.78, 5) is 0. The van der Waals surface area contributed by atoms with Crippen molar-refractivity contribution < 1.29 is 0 Å². The van der Waals surface area contributed by atoms with E-state index >= 15 is 0 Å². The van der Waals surface area contributed by atoms with Crippen LogP contribution in [-0.2, 0) is 5.41 Å². The summed E-state index contributed by atoms with van der Waals surface area (Å²) in [6.07, 6.45) is 0. The predicted octanol–water partition coefficient (Wildman–Crippen LogP) is 8.90. The fraction of sp³-hybridized carbons (Fsp3) is 0.0698. The van der Waals surface area contributed by atoms with Gasteiger partial charge in [-0.25, -0.2) is 0 Å². The minimum Gasteiger partial charge on any atom is -0.0735 e. The van der Waals surface area contributed by atoms with Crippen molar-refractivity contribution in [2.24, 2.45) is 0 Å². The molecule has 0 spiro atoms. The van der Waals surface area contributed by atoms with Crippen LogP contribution in [0.3, 0.4) is 0 Å². The van der Waals surface area contributed by atoms with Gasteiger partial charge in [-0.05, 0) is 44.4 Å². The molecule has 0 aliphatic heterocycles. The first-order valence-electron chi connectivity index (χ1n) is 15.7. The van der Waals surface area contributed by atoms with Gasteiger partial charge >= 0.3 is 0 Å². The molecule has 1 aliphatic rings. The standard InChI is InChI=1S/C43H33B/c1-6-20-33(21-7-1)43(34-22-8-2-9-23-34,35-24-10-3-11-25-35)41-38-30-16-18-32-19-17-31-39(40(32)38)42(41)44(36-26-12-4-13-27-36)37-28-14-5-15-29-37/h1-31,41-42H. The van der Waals surface area contributed by atoms with E-state index in [0.29, 0.717) is 0 Å². The molecule has 0 saturated carbocycles. The van der Waals surface area contributed by atoms with Gasteiger partial charge in [-0.3, -0.25) is 0 Å². The monoisotopic (exact) mass is 560 g/mol. The third-order valence-electron chi connectivity index (χ3n) is 9.85. The molecule has 44 heavy (non-hydrogen) atoms. The van der Waals surface area contributed by atoms with E-state index in [0.717, 1.165) is 0 Å². The van der Waals surface area contributed by atoms with Crippen molar-refractivity contribution in [2.45, 2.75) is 17.2 Å². The highest BCUT2D eigenvalue weighted by Gasteiger charge is 2.54. The van der Waals surface area contributed by atoms with Crippen LogP contribution in [0, 0.1) is 0 Å². The molecule has 7 aromatic carbocycles. The van der Waals surface area contributed by atoms with Gasteiger partial charge in [-0.1, -0.05) is 199 Å². The smallest absolute Gasteiger partial charge is 0.0735 e. The van der Waals surface area contributed by atoms with Crippen LogP contribution in [0.5, 0.6) is 0 Å². The fourth-order valence-electron chi connectivity index (χ4n) is 8.25. The second kappa shape index (κ2) is 11.2. The predicted molar refractivity (Wildman–Crippen MR) is 187 cm³/mol. The molecule has 0 nitrogen and oxygen atoms in total. The first-order valence-corrected chi connectivity index (χ1v) is 15.7. The molecule has 1 heteroatoms. The average molecular weight is 561 g/mol. The summed E-state index contributed by atoms with van der Waals surface area (Å²) in [5.41, 5.74) is 9.06. The van der Waals surface area contributed by atoms with Crippen molar-refractivity contribution in [1.29, 1.82) is 0 Å². The molecule has 1 aliphatic carbocycles. The molecule has 0 fully saturated rings. The lowest BCUT2D eigenvalue weighted by Crippen LogP contribution is -2.52. The number of rotatable bonds is 7. The molecule has 0 heterocycles. The minimum absolute atomic E-state index is 0.112. The number of benzene rings is 7. The van der Waals surface area contributed by atoms with Crippen molar-refractivity contribution in [1.82, 2.24) is 0 Å².